The Bertz CT molecular complexity index is 356. The lowest BCUT2D eigenvalue weighted by Gasteiger charge is -2.17. The fourth-order valence-electron chi connectivity index (χ4n) is 1.24. The van der Waals surface area contributed by atoms with Gasteiger partial charge in [-0.15, -0.1) is 11.6 Å². The third kappa shape index (κ3) is 3.83. The highest BCUT2D eigenvalue weighted by molar-refractivity contribution is 6.17. The molecule has 3 nitrogen and oxygen atoms in total. The van der Waals surface area contributed by atoms with Crippen LogP contribution >= 0.6 is 11.6 Å². The molecule has 0 aliphatic rings. The number of hydrogen-bond acceptors (Lipinski definition) is 3. The average Bonchev–Trinajstić information content (AvgIpc) is 2.27. The van der Waals surface area contributed by atoms with E-state index in [1.807, 2.05) is 0 Å². The van der Waals surface area contributed by atoms with Gasteiger partial charge in [-0.3, -0.25) is 4.98 Å². The molecule has 17 heavy (non-hydrogen) atoms. The second-order valence-corrected chi connectivity index (χ2v) is 3.84. The van der Waals surface area contributed by atoms with E-state index in [1.165, 1.54) is 0 Å². The summed E-state index contributed by atoms with van der Waals surface area (Å²) in [5, 5.41) is 19.0. The van der Waals surface area contributed by atoms with Crippen LogP contribution in [0.25, 0.3) is 0 Å². The Balaban J connectivity index is 2.80. The van der Waals surface area contributed by atoms with Crippen molar-refractivity contribution in [3.8, 4) is 0 Å². The number of nitrogens with zero attached hydrogens (tertiary/aromatic N) is 1. The summed E-state index contributed by atoms with van der Waals surface area (Å²) in [7, 11) is 0. The molecule has 2 atom stereocenters. The second kappa shape index (κ2) is 5.66. The van der Waals surface area contributed by atoms with Crippen molar-refractivity contribution in [3.05, 3.63) is 29.6 Å². The molecule has 0 aliphatic heterocycles. The smallest absolute Gasteiger partial charge is 0.390 e. The van der Waals surface area contributed by atoms with Crippen LogP contribution < -0.4 is 0 Å². The zero-order valence-electron chi connectivity index (χ0n) is 8.65. The van der Waals surface area contributed by atoms with Crippen molar-refractivity contribution in [2.24, 2.45) is 0 Å². The van der Waals surface area contributed by atoms with Gasteiger partial charge in [0.25, 0.3) is 0 Å². The Kier molecular flexibility index (Phi) is 4.73. The monoisotopic (exact) mass is 269 g/mol. The predicted octanol–water partition coefficient (Wildman–Crippen LogP) is 2.12. The lowest BCUT2D eigenvalue weighted by atomic mass is 10.0. The Morgan fingerprint density at radius 2 is 1.94 bits per heavy atom. The number of rotatable bonds is 4. The van der Waals surface area contributed by atoms with Crippen molar-refractivity contribution in [2.75, 3.05) is 5.88 Å². The highest BCUT2D eigenvalue weighted by Crippen LogP contribution is 2.28. The molecule has 0 aromatic carbocycles. The van der Waals surface area contributed by atoms with E-state index in [9.17, 15) is 23.4 Å². The summed E-state index contributed by atoms with van der Waals surface area (Å²) in [5.74, 6) is 0.145. The van der Waals surface area contributed by atoms with Crippen molar-refractivity contribution in [1.29, 1.82) is 0 Å². The van der Waals surface area contributed by atoms with Crippen LogP contribution in [0.1, 0.15) is 23.8 Å². The van der Waals surface area contributed by atoms with Crippen molar-refractivity contribution < 1.29 is 23.4 Å². The number of aromatic nitrogens is 1. The van der Waals surface area contributed by atoms with Gasteiger partial charge >= 0.3 is 6.18 Å². The van der Waals surface area contributed by atoms with Crippen LogP contribution in [0.3, 0.4) is 0 Å². The summed E-state index contributed by atoms with van der Waals surface area (Å²) in [6.07, 6.45) is -5.89. The predicted molar refractivity (Wildman–Crippen MR) is 55.5 cm³/mol. The van der Waals surface area contributed by atoms with Crippen molar-refractivity contribution in [1.82, 2.24) is 4.98 Å². The highest BCUT2D eigenvalue weighted by Gasteiger charge is 2.32. The molecule has 96 valence electrons. The molecule has 1 heterocycles. The van der Waals surface area contributed by atoms with Gasteiger partial charge in [-0.05, 0) is 12.5 Å². The first-order chi connectivity index (χ1) is 7.86. The molecule has 2 N–H and O–H groups in total. The number of hydrogen-bond donors (Lipinski definition) is 2. The fraction of sp³-hybridized carbons (Fsp3) is 0.500. The molecular formula is C10H11ClF3NO2. The maximum atomic E-state index is 12.2. The molecule has 1 rings (SSSR count). The molecule has 0 amide bonds. The van der Waals surface area contributed by atoms with E-state index in [0.717, 1.165) is 18.3 Å². The van der Waals surface area contributed by atoms with Crippen LogP contribution in [0.4, 0.5) is 13.2 Å². The molecule has 0 saturated heterocycles. The van der Waals surface area contributed by atoms with Crippen LogP contribution in [0.2, 0.25) is 0 Å². The quantitative estimate of drug-likeness (QED) is 0.824. The summed E-state index contributed by atoms with van der Waals surface area (Å²) < 4.78 is 36.6. The van der Waals surface area contributed by atoms with E-state index in [2.05, 4.69) is 4.98 Å². The number of aliphatic hydroxyl groups excluding tert-OH is 2. The Morgan fingerprint density at radius 1 is 1.29 bits per heavy atom. The van der Waals surface area contributed by atoms with Gasteiger partial charge in [-0.25, -0.2) is 0 Å². The van der Waals surface area contributed by atoms with Crippen LogP contribution in [0.15, 0.2) is 18.3 Å². The zero-order chi connectivity index (χ0) is 13.1. The first kappa shape index (κ1) is 14.2. The summed E-state index contributed by atoms with van der Waals surface area (Å²) >= 11 is 5.38. The summed E-state index contributed by atoms with van der Waals surface area (Å²) in [6.45, 7) is 0. The molecule has 7 heteroatoms. The van der Waals surface area contributed by atoms with Crippen molar-refractivity contribution in [2.45, 2.75) is 24.8 Å². The Morgan fingerprint density at radius 3 is 2.35 bits per heavy atom. The molecule has 0 spiro atoms. The van der Waals surface area contributed by atoms with Gasteiger partial charge in [0.15, 0.2) is 0 Å². The first-order valence-corrected chi connectivity index (χ1v) is 5.35. The number of aliphatic hydroxyl groups is 2. The first-order valence-electron chi connectivity index (χ1n) is 4.81. The molecule has 0 aliphatic carbocycles. The fourth-order valence-corrected chi connectivity index (χ4v) is 1.46. The van der Waals surface area contributed by atoms with Gasteiger partial charge in [-0.2, -0.15) is 13.2 Å². The molecular weight excluding hydrogens is 259 g/mol. The number of pyridine rings is 1. The summed E-state index contributed by atoms with van der Waals surface area (Å²) in [4.78, 5) is 3.18. The van der Waals surface area contributed by atoms with Crippen molar-refractivity contribution >= 4 is 11.6 Å². The zero-order valence-corrected chi connectivity index (χ0v) is 9.41. The average molecular weight is 270 g/mol. The van der Waals surface area contributed by atoms with Gasteiger partial charge in [0.1, 0.15) is 11.8 Å². The van der Waals surface area contributed by atoms with E-state index in [-0.39, 0.29) is 17.9 Å². The lowest BCUT2D eigenvalue weighted by Crippen LogP contribution is -2.19. The van der Waals surface area contributed by atoms with E-state index in [1.54, 1.807) is 0 Å². The Labute approximate surface area is 101 Å². The summed E-state index contributed by atoms with van der Waals surface area (Å²) in [6, 6.07) is 1.84. The molecule has 0 radical (unpaired) electrons. The SMILES string of the molecule is OC(CCCl)C(O)c1ccc(C(F)(F)F)nc1. The molecule has 2 unspecified atom stereocenters. The van der Waals surface area contributed by atoms with Crippen LogP contribution in [-0.2, 0) is 6.18 Å². The minimum atomic E-state index is -4.52. The third-order valence-corrected chi connectivity index (χ3v) is 2.41. The molecule has 0 fully saturated rings. The molecule has 1 aromatic heterocycles. The maximum Gasteiger partial charge on any atom is 0.433 e. The number of alkyl halides is 4. The van der Waals surface area contributed by atoms with Gasteiger partial charge in [0.2, 0.25) is 0 Å². The van der Waals surface area contributed by atoms with E-state index in [0.29, 0.717) is 0 Å². The normalized spacial score (nSPS) is 15.6. The van der Waals surface area contributed by atoms with Crippen LogP contribution in [-0.4, -0.2) is 27.2 Å². The van der Waals surface area contributed by atoms with Crippen LogP contribution in [0, 0.1) is 0 Å². The van der Waals surface area contributed by atoms with Crippen LogP contribution in [0.5, 0.6) is 0 Å². The van der Waals surface area contributed by atoms with Gasteiger partial charge < -0.3 is 10.2 Å². The molecule has 0 saturated carbocycles. The molecule has 1 aromatic rings. The van der Waals surface area contributed by atoms with Gasteiger partial charge in [0.05, 0.1) is 6.10 Å². The third-order valence-electron chi connectivity index (χ3n) is 2.19. The summed E-state index contributed by atoms with van der Waals surface area (Å²) in [5.41, 5.74) is -0.920. The van der Waals surface area contributed by atoms with Crippen molar-refractivity contribution in [3.63, 3.8) is 0 Å². The lowest BCUT2D eigenvalue weighted by molar-refractivity contribution is -0.141. The van der Waals surface area contributed by atoms with Gasteiger partial charge in [-0.1, -0.05) is 6.07 Å². The topological polar surface area (TPSA) is 53.4 Å². The molecule has 0 bridgehead atoms. The Hall–Kier alpha value is -0.850. The second-order valence-electron chi connectivity index (χ2n) is 3.46. The standard InChI is InChI=1S/C10H11ClF3NO2/c11-4-3-7(16)9(17)6-1-2-8(15-5-6)10(12,13)14/h1-2,5,7,9,16-17H,3-4H2. The number of halogens is 4. The van der Waals surface area contributed by atoms with E-state index in [4.69, 9.17) is 11.6 Å². The largest absolute Gasteiger partial charge is 0.433 e. The van der Waals surface area contributed by atoms with E-state index < -0.39 is 24.1 Å². The highest BCUT2D eigenvalue weighted by atomic mass is 35.5. The minimum Gasteiger partial charge on any atom is -0.390 e. The minimum absolute atomic E-state index is 0.121. The van der Waals surface area contributed by atoms with Gasteiger partial charge in [0, 0.05) is 17.6 Å². The van der Waals surface area contributed by atoms with E-state index >= 15 is 0 Å². The maximum absolute atomic E-state index is 12.2.